The topological polar surface area (TPSA) is 26.3 Å². The molecule has 0 aromatic carbocycles. The minimum absolute atomic E-state index is 0.370. The molecule has 1 aliphatic carbocycles. The summed E-state index contributed by atoms with van der Waals surface area (Å²) in [5, 5.41) is 0. The van der Waals surface area contributed by atoms with Crippen LogP contribution in [-0.4, -0.2) is 19.0 Å². The van der Waals surface area contributed by atoms with Gasteiger partial charge in [-0.3, -0.25) is 4.79 Å². The van der Waals surface area contributed by atoms with E-state index in [1.807, 2.05) is 0 Å². The van der Waals surface area contributed by atoms with Crippen molar-refractivity contribution in [1.82, 2.24) is 0 Å². The predicted octanol–water partition coefficient (Wildman–Crippen LogP) is 1.78. The fraction of sp³-hybridized carbons (Fsp3) is 0.889. The Labute approximate surface area is 67.9 Å². The van der Waals surface area contributed by atoms with Crippen LogP contribution in [0.5, 0.6) is 0 Å². The molecule has 2 aliphatic rings. The molecule has 1 saturated carbocycles. The van der Waals surface area contributed by atoms with E-state index in [-0.39, 0.29) is 0 Å². The second-order valence-corrected chi connectivity index (χ2v) is 3.20. The number of ketones is 1. The molecule has 0 amide bonds. The van der Waals surface area contributed by atoms with E-state index in [0.29, 0.717) is 11.7 Å². The molecule has 0 spiro atoms. The molecule has 0 radical (unpaired) electrons. The average Bonchev–Trinajstić information content (AvgIpc) is 2.66. The molecule has 0 bridgehead atoms. The molecule has 0 N–H and O–H groups in total. The zero-order valence-electron chi connectivity index (χ0n) is 7.14. The number of rotatable bonds is 1. The van der Waals surface area contributed by atoms with Crippen LogP contribution in [0.25, 0.3) is 0 Å². The zero-order valence-corrected chi connectivity index (χ0v) is 7.14. The van der Waals surface area contributed by atoms with Gasteiger partial charge in [-0.05, 0) is 32.6 Å². The highest BCUT2D eigenvalue weighted by Gasteiger charge is 2.25. The van der Waals surface area contributed by atoms with E-state index < -0.39 is 0 Å². The fourth-order valence-electron chi connectivity index (χ4n) is 1.00. The Morgan fingerprint density at radius 3 is 1.91 bits per heavy atom. The summed E-state index contributed by atoms with van der Waals surface area (Å²) in [5.74, 6) is 0.833. The van der Waals surface area contributed by atoms with Gasteiger partial charge in [0.15, 0.2) is 0 Å². The van der Waals surface area contributed by atoms with Crippen molar-refractivity contribution in [3.63, 3.8) is 0 Å². The van der Waals surface area contributed by atoms with Crippen LogP contribution in [0, 0.1) is 5.92 Å². The van der Waals surface area contributed by atoms with Gasteiger partial charge in [-0.2, -0.15) is 0 Å². The summed E-state index contributed by atoms with van der Waals surface area (Å²) in [5.41, 5.74) is 0. The Kier molecular flexibility index (Phi) is 3.57. The molecule has 0 unspecified atom stereocenters. The summed E-state index contributed by atoms with van der Waals surface area (Å²) in [6, 6.07) is 0. The van der Waals surface area contributed by atoms with Crippen molar-refractivity contribution in [2.45, 2.75) is 32.6 Å². The minimum Gasteiger partial charge on any atom is -0.381 e. The zero-order chi connectivity index (χ0) is 8.10. The van der Waals surface area contributed by atoms with Gasteiger partial charge in [-0.15, -0.1) is 0 Å². The SMILES string of the molecule is C1CCOC1.CC(=O)C1CC1. The second-order valence-electron chi connectivity index (χ2n) is 3.20. The van der Waals surface area contributed by atoms with Gasteiger partial charge in [0.25, 0.3) is 0 Å². The summed E-state index contributed by atoms with van der Waals surface area (Å²) in [4.78, 5) is 10.2. The van der Waals surface area contributed by atoms with Gasteiger partial charge in [0.2, 0.25) is 0 Å². The summed E-state index contributed by atoms with van der Waals surface area (Å²) in [7, 11) is 0. The normalized spacial score (nSPS) is 22.3. The highest BCUT2D eigenvalue weighted by atomic mass is 16.5. The number of carbonyl (C=O) groups is 1. The van der Waals surface area contributed by atoms with Crippen LogP contribution in [0.3, 0.4) is 0 Å². The van der Waals surface area contributed by atoms with Gasteiger partial charge < -0.3 is 4.74 Å². The van der Waals surface area contributed by atoms with Crippen molar-refractivity contribution in [2.24, 2.45) is 5.92 Å². The third kappa shape index (κ3) is 4.14. The van der Waals surface area contributed by atoms with Gasteiger partial charge in [0, 0.05) is 19.1 Å². The fourth-order valence-corrected chi connectivity index (χ4v) is 1.00. The first-order chi connectivity index (χ1) is 5.30. The van der Waals surface area contributed by atoms with Crippen LogP contribution in [0.2, 0.25) is 0 Å². The van der Waals surface area contributed by atoms with Crippen LogP contribution in [-0.2, 0) is 9.53 Å². The predicted molar refractivity (Wildman–Crippen MR) is 43.5 cm³/mol. The molecule has 1 heterocycles. The summed E-state index contributed by atoms with van der Waals surface area (Å²) in [6.07, 6.45) is 4.85. The first-order valence-corrected chi connectivity index (χ1v) is 4.39. The third-order valence-corrected chi connectivity index (χ3v) is 1.98. The summed E-state index contributed by atoms with van der Waals surface area (Å²) < 4.78 is 4.94. The van der Waals surface area contributed by atoms with Crippen molar-refractivity contribution in [3.05, 3.63) is 0 Å². The number of hydrogen-bond acceptors (Lipinski definition) is 2. The van der Waals surface area contributed by atoms with Crippen LogP contribution in [0.4, 0.5) is 0 Å². The molecule has 2 heteroatoms. The van der Waals surface area contributed by atoms with Gasteiger partial charge in [-0.1, -0.05) is 0 Å². The maximum Gasteiger partial charge on any atom is 0.132 e. The number of ether oxygens (including phenoxy) is 1. The lowest BCUT2D eigenvalue weighted by Gasteiger charge is -1.76. The Bertz CT molecular complexity index is 116. The van der Waals surface area contributed by atoms with Crippen molar-refractivity contribution in [1.29, 1.82) is 0 Å². The maximum absolute atomic E-state index is 10.2. The second kappa shape index (κ2) is 4.50. The molecule has 0 aromatic rings. The molecule has 64 valence electrons. The Hall–Kier alpha value is -0.370. The van der Waals surface area contributed by atoms with E-state index in [1.165, 1.54) is 12.8 Å². The van der Waals surface area contributed by atoms with E-state index in [2.05, 4.69) is 0 Å². The van der Waals surface area contributed by atoms with Crippen molar-refractivity contribution in [3.8, 4) is 0 Å². The highest BCUT2D eigenvalue weighted by Crippen LogP contribution is 2.29. The molecule has 1 aliphatic heterocycles. The molecular formula is C9H16O2. The number of hydrogen-bond donors (Lipinski definition) is 0. The van der Waals surface area contributed by atoms with Crippen LogP contribution in [0.15, 0.2) is 0 Å². The molecule has 2 nitrogen and oxygen atoms in total. The smallest absolute Gasteiger partial charge is 0.132 e. The lowest BCUT2D eigenvalue weighted by molar-refractivity contribution is -0.118. The first kappa shape index (κ1) is 8.72. The molecule has 0 atom stereocenters. The number of Topliss-reactive ketones (excluding diaryl/α,β-unsaturated/α-hetero) is 1. The lowest BCUT2D eigenvalue weighted by Crippen LogP contribution is -1.88. The van der Waals surface area contributed by atoms with Crippen molar-refractivity contribution < 1.29 is 9.53 Å². The van der Waals surface area contributed by atoms with Crippen molar-refractivity contribution in [2.75, 3.05) is 13.2 Å². The summed E-state index contributed by atoms with van der Waals surface area (Å²) in [6.45, 7) is 3.66. The van der Waals surface area contributed by atoms with Gasteiger partial charge in [0.1, 0.15) is 5.78 Å². The van der Waals surface area contributed by atoms with E-state index in [0.717, 1.165) is 26.1 Å². The molecule has 11 heavy (non-hydrogen) atoms. The Morgan fingerprint density at radius 1 is 1.27 bits per heavy atom. The molecule has 1 saturated heterocycles. The number of carbonyl (C=O) groups excluding carboxylic acids is 1. The monoisotopic (exact) mass is 156 g/mol. The lowest BCUT2D eigenvalue weighted by atomic mass is 10.3. The molecule has 2 rings (SSSR count). The van der Waals surface area contributed by atoms with E-state index in [1.54, 1.807) is 6.92 Å². The Morgan fingerprint density at radius 2 is 1.82 bits per heavy atom. The summed E-state index contributed by atoms with van der Waals surface area (Å²) >= 11 is 0. The average molecular weight is 156 g/mol. The van der Waals surface area contributed by atoms with Gasteiger partial charge in [0.05, 0.1) is 0 Å². The minimum atomic E-state index is 0.370. The van der Waals surface area contributed by atoms with Crippen molar-refractivity contribution >= 4 is 5.78 Å². The van der Waals surface area contributed by atoms with Crippen LogP contribution < -0.4 is 0 Å². The Balaban J connectivity index is 0.000000112. The maximum atomic E-state index is 10.2. The van der Waals surface area contributed by atoms with Crippen LogP contribution in [0.1, 0.15) is 32.6 Å². The van der Waals surface area contributed by atoms with E-state index >= 15 is 0 Å². The third-order valence-electron chi connectivity index (χ3n) is 1.98. The van der Waals surface area contributed by atoms with Crippen LogP contribution >= 0.6 is 0 Å². The highest BCUT2D eigenvalue weighted by molar-refractivity contribution is 5.80. The first-order valence-electron chi connectivity index (χ1n) is 4.39. The molecule has 0 aromatic heterocycles. The van der Waals surface area contributed by atoms with Gasteiger partial charge >= 0.3 is 0 Å². The molecule has 2 fully saturated rings. The molecular weight excluding hydrogens is 140 g/mol. The van der Waals surface area contributed by atoms with Gasteiger partial charge in [-0.25, -0.2) is 0 Å². The van der Waals surface area contributed by atoms with E-state index in [4.69, 9.17) is 4.74 Å². The standard InChI is InChI=1S/C5H8O.C4H8O/c1-4(6)5-2-3-5;1-2-4-5-3-1/h5H,2-3H2,1H3;1-4H2. The quantitative estimate of drug-likeness (QED) is 0.578. The van der Waals surface area contributed by atoms with E-state index in [9.17, 15) is 4.79 Å². The largest absolute Gasteiger partial charge is 0.381 e.